The first-order chi connectivity index (χ1) is 13.5. The van der Waals surface area contributed by atoms with Gasteiger partial charge in [-0.25, -0.2) is 4.79 Å². The summed E-state index contributed by atoms with van der Waals surface area (Å²) in [7, 11) is 0. The second-order valence-corrected chi connectivity index (χ2v) is 5.98. The summed E-state index contributed by atoms with van der Waals surface area (Å²) in [5.41, 5.74) is 1.11. The lowest BCUT2D eigenvalue weighted by molar-refractivity contribution is -0.384. The maximum Gasteiger partial charge on any atom is 0.375 e. The Bertz CT molecular complexity index is 1030. The second-order valence-electron chi connectivity index (χ2n) is 5.58. The molecular weight excluding hydrogens is 388 g/mol. The van der Waals surface area contributed by atoms with Crippen molar-refractivity contribution in [2.75, 3.05) is 11.9 Å². The number of furan rings is 1. The first kappa shape index (κ1) is 19.1. The normalized spacial score (nSPS) is 10.3. The van der Waals surface area contributed by atoms with Crippen molar-refractivity contribution in [1.29, 1.82) is 0 Å². The number of carbonyl (C=O) groups is 2. The fraction of sp³-hybridized carbons (Fsp3) is 0.0526. The average molecular weight is 401 g/mol. The Labute approximate surface area is 163 Å². The van der Waals surface area contributed by atoms with Gasteiger partial charge in [0.2, 0.25) is 5.76 Å². The first-order valence-corrected chi connectivity index (χ1v) is 8.37. The van der Waals surface area contributed by atoms with Crippen molar-refractivity contribution in [3.63, 3.8) is 0 Å². The van der Waals surface area contributed by atoms with Gasteiger partial charge < -0.3 is 14.5 Å². The predicted molar refractivity (Wildman–Crippen MR) is 101 cm³/mol. The summed E-state index contributed by atoms with van der Waals surface area (Å²) in [6, 6.07) is 14.5. The number of benzene rings is 2. The van der Waals surface area contributed by atoms with Gasteiger partial charge in [0.15, 0.2) is 6.61 Å². The Kier molecular flexibility index (Phi) is 5.71. The number of carbonyl (C=O) groups excluding carboxylic acids is 2. The van der Waals surface area contributed by atoms with Crippen LogP contribution >= 0.6 is 11.6 Å². The first-order valence-electron chi connectivity index (χ1n) is 7.99. The molecule has 2 aromatic carbocycles. The molecule has 1 amide bonds. The number of esters is 1. The van der Waals surface area contributed by atoms with Gasteiger partial charge >= 0.3 is 5.97 Å². The molecule has 3 rings (SSSR count). The van der Waals surface area contributed by atoms with E-state index in [0.29, 0.717) is 5.56 Å². The molecule has 0 aliphatic carbocycles. The third-order valence-corrected chi connectivity index (χ3v) is 4.02. The fourth-order valence-corrected chi connectivity index (χ4v) is 2.62. The molecule has 0 spiro atoms. The molecule has 0 atom stereocenters. The number of nitro groups is 1. The monoisotopic (exact) mass is 400 g/mol. The summed E-state index contributed by atoms with van der Waals surface area (Å²) in [6.45, 7) is -0.593. The number of amides is 1. The van der Waals surface area contributed by atoms with Gasteiger partial charge in [0, 0.05) is 17.3 Å². The highest BCUT2D eigenvalue weighted by molar-refractivity contribution is 6.32. The lowest BCUT2D eigenvalue weighted by atomic mass is 10.1. The maximum atomic E-state index is 12.2. The van der Waals surface area contributed by atoms with Crippen LogP contribution in [0.2, 0.25) is 5.02 Å². The van der Waals surface area contributed by atoms with Crippen molar-refractivity contribution in [1.82, 2.24) is 0 Å². The van der Waals surface area contributed by atoms with Crippen molar-refractivity contribution in [2.24, 2.45) is 0 Å². The van der Waals surface area contributed by atoms with Gasteiger partial charge in [-0.3, -0.25) is 14.9 Å². The third-order valence-electron chi connectivity index (χ3n) is 3.70. The topological polar surface area (TPSA) is 112 Å². The van der Waals surface area contributed by atoms with Crippen LogP contribution in [0.1, 0.15) is 10.6 Å². The molecule has 0 aliphatic heterocycles. The van der Waals surface area contributed by atoms with Gasteiger partial charge in [0.05, 0.1) is 11.2 Å². The van der Waals surface area contributed by atoms with Crippen molar-refractivity contribution >= 4 is 34.9 Å². The van der Waals surface area contributed by atoms with Crippen molar-refractivity contribution in [3.8, 4) is 11.1 Å². The zero-order chi connectivity index (χ0) is 20.1. The molecule has 8 nitrogen and oxygen atoms in total. The number of nitrogens with zero attached hydrogens (tertiary/aromatic N) is 1. The Morgan fingerprint density at radius 1 is 1.14 bits per heavy atom. The molecule has 0 unspecified atom stereocenters. The van der Waals surface area contributed by atoms with Gasteiger partial charge in [-0.05, 0) is 23.8 Å². The van der Waals surface area contributed by atoms with Crippen LogP contribution in [0.25, 0.3) is 11.1 Å². The lowest BCUT2D eigenvalue weighted by Crippen LogP contribution is -2.21. The largest absolute Gasteiger partial charge is 0.457 e. The zero-order valence-corrected chi connectivity index (χ0v) is 15.0. The Morgan fingerprint density at radius 3 is 2.61 bits per heavy atom. The quantitative estimate of drug-likeness (QED) is 0.375. The number of nitro benzene ring substituents is 1. The summed E-state index contributed by atoms with van der Waals surface area (Å²) >= 11 is 5.72. The number of hydrogen-bond acceptors (Lipinski definition) is 6. The lowest BCUT2D eigenvalue weighted by Gasteiger charge is -2.07. The third kappa shape index (κ3) is 4.36. The standard InChI is InChI=1S/C19H13ClN2O6/c20-15-7-6-13(10-16(15)22(25)26)21-17(23)11-28-19(24)18-14(8-9-27-18)12-4-2-1-3-5-12/h1-10H,11H2,(H,21,23). The van der Waals surface area contributed by atoms with Gasteiger partial charge in [-0.2, -0.15) is 0 Å². The van der Waals surface area contributed by atoms with E-state index in [1.54, 1.807) is 6.07 Å². The number of halogens is 1. The molecule has 1 aromatic heterocycles. The molecule has 28 heavy (non-hydrogen) atoms. The molecule has 0 saturated carbocycles. The molecule has 0 radical (unpaired) electrons. The summed E-state index contributed by atoms with van der Waals surface area (Å²) < 4.78 is 10.2. The highest BCUT2D eigenvalue weighted by Gasteiger charge is 2.20. The summed E-state index contributed by atoms with van der Waals surface area (Å²) in [5.74, 6) is -1.50. The minimum Gasteiger partial charge on any atom is -0.457 e. The van der Waals surface area contributed by atoms with E-state index in [1.165, 1.54) is 18.4 Å². The highest BCUT2D eigenvalue weighted by Crippen LogP contribution is 2.27. The Balaban J connectivity index is 1.63. The van der Waals surface area contributed by atoms with Crippen LogP contribution in [-0.2, 0) is 9.53 Å². The molecule has 0 bridgehead atoms. The number of hydrogen-bond donors (Lipinski definition) is 1. The summed E-state index contributed by atoms with van der Waals surface area (Å²) in [4.78, 5) is 34.4. The SMILES string of the molecule is O=C(COC(=O)c1occc1-c1ccccc1)Nc1ccc(Cl)c([N+](=O)[O-])c1. The molecular formula is C19H13ClN2O6. The van der Waals surface area contributed by atoms with Gasteiger partial charge in [-0.1, -0.05) is 41.9 Å². The molecule has 0 saturated heterocycles. The van der Waals surface area contributed by atoms with Crippen LogP contribution < -0.4 is 5.32 Å². The minimum atomic E-state index is -0.805. The van der Waals surface area contributed by atoms with E-state index in [0.717, 1.165) is 11.6 Å². The highest BCUT2D eigenvalue weighted by atomic mass is 35.5. The van der Waals surface area contributed by atoms with E-state index in [-0.39, 0.29) is 22.2 Å². The Hall–Kier alpha value is -3.65. The minimum absolute atomic E-state index is 0.0267. The van der Waals surface area contributed by atoms with Crippen molar-refractivity contribution in [2.45, 2.75) is 0 Å². The van der Waals surface area contributed by atoms with Crippen LogP contribution in [0.4, 0.5) is 11.4 Å². The predicted octanol–water partition coefficient (Wildman–Crippen LogP) is 4.30. The van der Waals surface area contributed by atoms with Crippen LogP contribution in [0.5, 0.6) is 0 Å². The molecule has 1 N–H and O–H groups in total. The summed E-state index contributed by atoms with van der Waals surface area (Å²) in [5, 5.41) is 13.2. The average Bonchev–Trinajstić information content (AvgIpc) is 3.18. The van der Waals surface area contributed by atoms with Crippen LogP contribution in [0.15, 0.2) is 65.3 Å². The van der Waals surface area contributed by atoms with Crippen LogP contribution in [0, 0.1) is 10.1 Å². The number of ether oxygens (including phenoxy) is 1. The van der Waals surface area contributed by atoms with E-state index in [2.05, 4.69) is 5.32 Å². The van der Waals surface area contributed by atoms with E-state index in [9.17, 15) is 19.7 Å². The fourth-order valence-electron chi connectivity index (χ4n) is 2.44. The van der Waals surface area contributed by atoms with Gasteiger partial charge in [-0.15, -0.1) is 0 Å². The van der Waals surface area contributed by atoms with Gasteiger partial charge in [0.1, 0.15) is 5.02 Å². The van der Waals surface area contributed by atoms with Crippen molar-refractivity contribution in [3.05, 3.63) is 81.8 Å². The van der Waals surface area contributed by atoms with E-state index in [4.69, 9.17) is 20.8 Å². The van der Waals surface area contributed by atoms with Crippen LogP contribution in [0.3, 0.4) is 0 Å². The second kappa shape index (κ2) is 8.36. The molecule has 0 fully saturated rings. The zero-order valence-electron chi connectivity index (χ0n) is 14.3. The van der Waals surface area contributed by atoms with E-state index in [1.807, 2.05) is 30.3 Å². The summed E-state index contributed by atoms with van der Waals surface area (Å²) in [6.07, 6.45) is 1.35. The Morgan fingerprint density at radius 2 is 1.89 bits per heavy atom. The molecule has 1 heterocycles. The van der Waals surface area contributed by atoms with Crippen LogP contribution in [-0.4, -0.2) is 23.4 Å². The molecule has 142 valence electrons. The maximum absolute atomic E-state index is 12.2. The number of nitrogens with one attached hydrogen (secondary N) is 1. The number of anilines is 1. The molecule has 9 heteroatoms. The molecule has 0 aliphatic rings. The number of rotatable bonds is 6. The van der Waals surface area contributed by atoms with E-state index < -0.39 is 23.4 Å². The van der Waals surface area contributed by atoms with E-state index >= 15 is 0 Å². The van der Waals surface area contributed by atoms with Gasteiger partial charge in [0.25, 0.3) is 11.6 Å². The van der Waals surface area contributed by atoms with Crippen molar-refractivity contribution < 1.29 is 23.7 Å². The smallest absolute Gasteiger partial charge is 0.375 e. The molecule has 3 aromatic rings.